The predicted molar refractivity (Wildman–Crippen MR) is 71.2 cm³/mol. The van der Waals surface area contributed by atoms with Crippen LogP contribution in [0.1, 0.15) is 26.2 Å². The van der Waals surface area contributed by atoms with Crippen molar-refractivity contribution in [3.05, 3.63) is 22.6 Å². The molecular formula is C11H18N4O2S. The maximum absolute atomic E-state index is 11.0. The number of hydrogen-bond acceptors (Lipinski definition) is 5. The minimum Gasteiger partial charge on any atom is -0.368 e. The SMILES string of the molecule is CC(N)(CCCCSc1nccc(=O)[nH]1)C(N)=O. The number of primary amides is 1. The number of carbonyl (C=O) groups excluding carboxylic acids is 1. The van der Waals surface area contributed by atoms with E-state index in [1.54, 1.807) is 6.92 Å². The Morgan fingerprint density at radius 2 is 2.28 bits per heavy atom. The molecule has 6 nitrogen and oxygen atoms in total. The van der Waals surface area contributed by atoms with E-state index in [2.05, 4.69) is 9.97 Å². The van der Waals surface area contributed by atoms with Crippen molar-refractivity contribution in [3.63, 3.8) is 0 Å². The number of nitrogens with two attached hydrogens (primary N) is 2. The zero-order valence-electron chi connectivity index (χ0n) is 10.3. The number of carbonyl (C=O) groups is 1. The molecule has 0 radical (unpaired) electrons. The van der Waals surface area contributed by atoms with Crippen molar-refractivity contribution < 1.29 is 4.79 Å². The highest BCUT2D eigenvalue weighted by molar-refractivity contribution is 7.99. The van der Waals surface area contributed by atoms with Crippen LogP contribution in [0.25, 0.3) is 0 Å². The molecule has 0 bridgehead atoms. The Balaban J connectivity index is 2.24. The number of aromatic nitrogens is 2. The summed E-state index contributed by atoms with van der Waals surface area (Å²) in [6, 6.07) is 1.37. The third-order valence-electron chi connectivity index (χ3n) is 2.54. The van der Waals surface area contributed by atoms with E-state index in [-0.39, 0.29) is 5.56 Å². The van der Waals surface area contributed by atoms with E-state index in [4.69, 9.17) is 11.5 Å². The van der Waals surface area contributed by atoms with E-state index >= 15 is 0 Å². The maximum Gasteiger partial charge on any atom is 0.251 e. The topological polar surface area (TPSA) is 115 Å². The van der Waals surface area contributed by atoms with Crippen LogP contribution in [0.5, 0.6) is 0 Å². The molecule has 0 aliphatic rings. The third-order valence-corrected chi connectivity index (χ3v) is 3.51. The van der Waals surface area contributed by atoms with Crippen molar-refractivity contribution in [2.45, 2.75) is 36.9 Å². The molecule has 18 heavy (non-hydrogen) atoms. The molecule has 1 aromatic heterocycles. The van der Waals surface area contributed by atoms with E-state index in [9.17, 15) is 9.59 Å². The summed E-state index contributed by atoms with van der Waals surface area (Å²) in [5, 5.41) is 0.605. The molecule has 0 saturated heterocycles. The summed E-state index contributed by atoms with van der Waals surface area (Å²) >= 11 is 1.47. The molecule has 5 N–H and O–H groups in total. The van der Waals surface area contributed by atoms with Crippen LogP contribution in [0.2, 0.25) is 0 Å². The van der Waals surface area contributed by atoms with E-state index in [1.807, 2.05) is 0 Å². The second-order valence-electron chi connectivity index (χ2n) is 4.33. The monoisotopic (exact) mass is 270 g/mol. The van der Waals surface area contributed by atoms with Crippen LogP contribution >= 0.6 is 11.8 Å². The highest BCUT2D eigenvalue weighted by atomic mass is 32.2. The lowest BCUT2D eigenvalue weighted by atomic mass is 9.96. The molecule has 7 heteroatoms. The first-order valence-electron chi connectivity index (χ1n) is 5.69. The zero-order valence-corrected chi connectivity index (χ0v) is 11.1. The molecule has 1 heterocycles. The molecule has 0 aliphatic heterocycles. The van der Waals surface area contributed by atoms with Crippen molar-refractivity contribution in [1.82, 2.24) is 9.97 Å². The second-order valence-corrected chi connectivity index (χ2v) is 5.41. The smallest absolute Gasteiger partial charge is 0.251 e. The van der Waals surface area contributed by atoms with Crippen LogP contribution in [0.15, 0.2) is 22.2 Å². The third kappa shape index (κ3) is 4.89. The van der Waals surface area contributed by atoms with Gasteiger partial charge in [0.05, 0.1) is 5.54 Å². The first-order chi connectivity index (χ1) is 8.42. The summed E-state index contributed by atoms with van der Waals surface area (Å²) < 4.78 is 0. The molecular weight excluding hydrogens is 252 g/mol. The van der Waals surface area contributed by atoms with Crippen molar-refractivity contribution >= 4 is 17.7 Å². The Morgan fingerprint density at radius 3 is 2.89 bits per heavy atom. The van der Waals surface area contributed by atoms with Gasteiger partial charge in [-0.3, -0.25) is 9.59 Å². The normalized spacial score (nSPS) is 14.1. The fourth-order valence-electron chi connectivity index (χ4n) is 1.31. The van der Waals surface area contributed by atoms with Crippen LogP contribution in [0, 0.1) is 0 Å². The van der Waals surface area contributed by atoms with Gasteiger partial charge in [0.2, 0.25) is 5.91 Å². The van der Waals surface area contributed by atoms with Gasteiger partial charge in [-0.1, -0.05) is 18.2 Å². The van der Waals surface area contributed by atoms with E-state index < -0.39 is 11.4 Å². The lowest BCUT2D eigenvalue weighted by molar-refractivity contribution is -0.122. The number of aromatic amines is 1. The van der Waals surface area contributed by atoms with Gasteiger partial charge in [-0.15, -0.1) is 0 Å². The van der Waals surface area contributed by atoms with Crippen LogP contribution in [-0.4, -0.2) is 27.2 Å². The zero-order chi connectivity index (χ0) is 13.6. The minimum atomic E-state index is -0.940. The number of unbranched alkanes of at least 4 members (excludes halogenated alkanes) is 1. The van der Waals surface area contributed by atoms with Gasteiger partial charge < -0.3 is 16.5 Å². The Bertz CT molecular complexity index is 458. The maximum atomic E-state index is 11.0. The number of amides is 1. The van der Waals surface area contributed by atoms with Crippen LogP contribution < -0.4 is 17.0 Å². The van der Waals surface area contributed by atoms with E-state index in [0.717, 1.165) is 18.6 Å². The summed E-state index contributed by atoms with van der Waals surface area (Å²) in [6.07, 6.45) is 3.72. The number of nitrogens with one attached hydrogen (secondary N) is 1. The molecule has 0 fully saturated rings. The number of hydrogen-bond donors (Lipinski definition) is 3. The second kappa shape index (κ2) is 6.55. The van der Waals surface area contributed by atoms with Crippen LogP contribution in [0.4, 0.5) is 0 Å². The Labute approximate surface area is 110 Å². The van der Waals surface area contributed by atoms with Gasteiger partial charge in [0.1, 0.15) is 0 Å². The Hall–Kier alpha value is -1.34. The van der Waals surface area contributed by atoms with Crippen molar-refractivity contribution in [1.29, 1.82) is 0 Å². The average molecular weight is 270 g/mol. The lowest BCUT2D eigenvalue weighted by Gasteiger charge is -2.19. The largest absolute Gasteiger partial charge is 0.368 e. The van der Waals surface area contributed by atoms with Gasteiger partial charge in [-0.2, -0.15) is 0 Å². The van der Waals surface area contributed by atoms with Gasteiger partial charge in [0.25, 0.3) is 5.56 Å². The van der Waals surface area contributed by atoms with Gasteiger partial charge >= 0.3 is 0 Å². The van der Waals surface area contributed by atoms with Gasteiger partial charge in [-0.05, 0) is 19.8 Å². The van der Waals surface area contributed by atoms with Crippen LogP contribution in [-0.2, 0) is 4.79 Å². The Kier molecular flexibility index (Phi) is 5.36. The van der Waals surface area contributed by atoms with Crippen LogP contribution in [0.3, 0.4) is 0 Å². The highest BCUT2D eigenvalue weighted by Gasteiger charge is 2.24. The number of H-pyrrole nitrogens is 1. The molecule has 1 unspecified atom stereocenters. The predicted octanol–water partition coefficient (Wildman–Crippen LogP) is 0.235. The average Bonchev–Trinajstić information content (AvgIpc) is 2.28. The molecule has 0 saturated carbocycles. The number of thioether (sulfide) groups is 1. The molecule has 1 aromatic rings. The number of rotatable bonds is 7. The van der Waals surface area contributed by atoms with E-state index in [0.29, 0.717) is 11.6 Å². The van der Waals surface area contributed by atoms with Gasteiger partial charge in [-0.25, -0.2) is 4.98 Å². The summed E-state index contributed by atoms with van der Waals surface area (Å²) in [7, 11) is 0. The summed E-state index contributed by atoms with van der Waals surface area (Å²) in [6.45, 7) is 1.64. The summed E-state index contributed by atoms with van der Waals surface area (Å²) in [5.41, 5.74) is 9.81. The highest BCUT2D eigenvalue weighted by Crippen LogP contribution is 2.16. The molecule has 1 atom stereocenters. The van der Waals surface area contributed by atoms with Gasteiger partial charge in [0.15, 0.2) is 5.16 Å². The molecule has 0 spiro atoms. The first kappa shape index (κ1) is 14.7. The number of nitrogens with zero attached hydrogens (tertiary/aromatic N) is 1. The fourth-order valence-corrected chi connectivity index (χ4v) is 2.16. The molecule has 100 valence electrons. The first-order valence-corrected chi connectivity index (χ1v) is 6.67. The van der Waals surface area contributed by atoms with E-state index in [1.165, 1.54) is 24.0 Å². The summed E-state index contributed by atoms with van der Waals surface area (Å²) in [5.74, 6) is 0.325. The quantitative estimate of drug-likeness (QED) is 0.373. The van der Waals surface area contributed by atoms with Crippen molar-refractivity contribution in [2.75, 3.05) is 5.75 Å². The summed E-state index contributed by atoms with van der Waals surface area (Å²) in [4.78, 5) is 28.6. The Morgan fingerprint density at radius 1 is 1.56 bits per heavy atom. The standard InChI is InChI=1S/C11H18N4O2S/c1-11(13,9(12)17)5-2-3-7-18-10-14-6-4-8(16)15-10/h4,6H,2-3,5,7,13H2,1H3,(H2,12,17)(H,14,15,16). The lowest BCUT2D eigenvalue weighted by Crippen LogP contribution is -2.49. The minimum absolute atomic E-state index is 0.157. The molecule has 1 amide bonds. The molecule has 1 rings (SSSR count). The van der Waals surface area contributed by atoms with Crippen molar-refractivity contribution in [2.24, 2.45) is 11.5 Å². The van der Waals surface area contributed by atoms with Gasteiger partial charge in [0, 0.05) is 18.0 Å². The molecule has 0 aromatic carbocycles. The molecule has 0 aliphatic carbocycles. The fraction of sp³-hybridized carbons (Fsp3) is 0.545. The van der Waals surface area contributed by atoms with Crippen molar-refractivity contribution in [3.8, 4) is 0 Å².